The van der Waals surface area contributed by atoms with Crippen LogP contribution in [0.5, 0.6) is 11.5 Å². The van der Waals surface area contributed by atoms with Crippen molar-refractivity contribution in [1.29, 1.82) is 0 Å². The summed E-state index contributed by atoms with van der Waals surface area (Å²) < 4.78 is 5.76. The van der Waals surface area contributed by atoms with Crippen molar-refractivity contribution in [3.63, 3.8) is 0 Å². The van der Waals surface area contributed by atoms with E-state index in [9.17, 15) is 4.79 Å². The number of nitrogens with two attached hydrogens (primary N) is 1. The number of aryl methyl sites for hydroxylation is 1. The molecule has 1 aromatic heterocycles. The van der Waals surface area contributed by atoms with Crippen LogP contribution in [-0.4, -0.2) is 21.0 Å². The summed E-state index contributed by atoms with van der Waals surface area (Å²) in [7, 11) is 0. The molecule has 0 saturated heterocycles. The molecule has 4 N–H and O–H groups in total. The van der Waals surface area contributed by atoms with E-state index >= 15 is 0 Å². The van der Waals surface area contributed by atoms with E-state index in [1.807, 2.05) is 13.0 Å². The molecule has 118 valence electrons. The number of aromatic nitrogens is 2. The second-order valence-corrected chi connectivity index (χ2v) is 5.54. The number of anilines is 1. The number of carbonyl (C=O) groups is 1. The maximum absolute atomic E-state index is 10.7. The van der Waals surface area contributed by atoms with Gasteiger partial charge in [0.1, 0.15) is 22.8 Å². The first-order chi connectivity index (χ1) is 10.9. The Kier molecular flexibility index (Phi) is 3.83. The van der Waals surface area contributed by atoms with Crippen molar-refractivity contribution >= 4 is 34.3 Å². The zero-order chi connectivity index (χ0) is 16.6. The molecular formula is C16H14ClN3O3. The van der Waals surface area contributed by atoms with Crippen LogP contribution in [0, 0.1) is 6.92 Å². The standard InChI is InChI=1S/C16H14ClN3O3/c1-8-19-11-3-5-13(15(18)16(11)20-8)23-12-4-2-9(6-10(12)17)7-14(21)22/h2-6H,7,18H2,1H3,(H,19,20)(H,21,22). The van der Waals surface area contributed by atoms with Crippen LogP contribution >= 0.6 is 11.6 Å². The zero-order valence-electron chi connectivity index (χ0n) is 12.3. The Morgan fingerprint density at radius 2 is 2.09 bits per heavy atom. The smallest absolute Gasteiger partial charge is 0.307 e. The fourth-order valence-electron chi connectivity index (χ4n) is 2.32. The summed E-state index contributed by atoms with van der Waals surface area (Å²) in [6.45, 7) is 1.85. The first kappa shape index (κ1) is 15.2. The lowest BCUT2D eigenvalue weighted by molar-refractivity contribution is -0.136. The van der Waals surface area contributed by atoms with E-state index in [1.165, 1.54) is 0 Å². The molecular weight excluding hydrogens is 318 g/mol. The van der Waals surface area contributed by atoms with Gasteiger partial charge in [-0.3, -0.25) is 4.79 Å². The molecule has 0 bridgehead atoms. The Hall–Kier alpha value is -2.73. The topological polar surface area (TPSA) is 101 Å². The van der Waals surface area contributed by atoms with Crippen LogP contribution in [0.15, 0.2) is 30.3 Å². The minimum absolute atomic E-state index is 0.0966. The van der Waals surface area contributed by atoms with Crippen LogP contribution in [0.2, 0.25) is 5.02 Å². The summed E-state index contributed by atoms with van der Waals surface area (Å²) in [6, 6.07) is 8.41. The predicted octanol–water partition coefficient (Wildman–Crippen LogP) is 3.53. The fraction of sp³-hybridized carbons (Fsp3) is 0.125. The molecule has 0 radical (unpaired) electrons. The SMILES string of the molecule is Cc1nc2c(N)c(Oc3ccc(CC(=O)O)cc3Cl)ccc2[nH]1. The minimum Gasteiger partial charge on any atom is -0.481 e. The third-order valence-electron chi connectivity index (χ3n) is 3.34. The summed E-state index contributed by atoms with van der Waals surface area (Å²) in [6.07, 6.45) is -0.0966. The highest BCUT2D eigenvalue weighted by atomic mass is 35.5. The normalized spacial score (nSPS) is 10.9. The second kappa shape index (κ2) is 5.81. The number of H-pyrrole nitrogens is 1. The maximum Gasteiger partial charge on any atom is 0.307 e. The highest BCUT2D eigenvalue weighted by Crippen LogP contribution is 2.36. The Balaban J connectivity index is 1.92. The Labute approximate surface area is 136 Å². The van der Waals surface area contributed by atoms with Gasteiger partial charge in [-0.25, -0.2) is 4.98 Å². The fourth-order valence-corrected chi connectivity index (χ4v) is 2.56. The zero-order valence-corrected chi connectivity index (χ0v) is 13.0. The number of halogens is 1. The lowest BCUT2D eigenvalue weighted by Crippen LogP contribution is -2.00. The molecule has 0 unspecified atom stereocenters. The number of ether oxygens (including phenoxy) is 1. The average molecular weight is 332 g/mol. The minimum atomic E-state index is -0.918. The summed E-state index contributed by atoms with van der Waals surface area (Å²) >= 11 is 6.16. The molecule has 0 aliphatic rings. The number of rotatable bonds is 4. The number of aromatic amines is 1. The van der Waals surface area contributed by atoms with Crippen molar-refractivity contribution in [2.24, 2.45) is 0 Å². The van der Waals surface area contributed by atoms with Crippen molar-refractivity contribution in [1.82, 2.24) is 9.97 Å². The van der Waals surface area contributed by atoms with Crippen LogP contribution < -0.4 is 10.5 Å². The number of nitrogen functional groups attached to an aromatic ring is 1. The number of benzene rings is 2. The van der Waals surface area contributed by atoms with E-state index in [0.717, 1.165) is 11.3 Å². The van der Waals surface area contributed by atoms with Gasteiger partial charge in [0.25, 0.3) is 0 Å². The Bertz CT molecular complexity index is 905. The number of imidazole rings is 1. The maximum atomic E-state index is 10.7. The number of hydrogen-bond donors (Lipinski definition) is 3. The molecule has 0 aliphatic carbocycles. The Morgan fingerprint density at radius 3 is 2.78 bits per heavy atom. The third kappa shape index (κ3) is 3.07. The predicted molar refractivity (Wildman–Crippen MR) is 88.1 cm³/mol. The van der Waals surface area contributed by atoms with Gasteiger partial charge in [0.2, 0.25) is 0 Å². The first-order valence-electron chi connectivity index (χ1n) is 6.87. The summed E-state index contributed by atoms with van der Waals surface area (Å²) in [5, 5.41) is 9.12. The van der Waals surface area contributed by atoms with Gasteiger partial charge in [0.05, 0.1) is 17.0 Å². The molecule has 3 rings (SSSR count). The van der Waals surface area contributed by atoms with Gasteiger partial charge in [-0.1, -0.05) is 17.7 Å². The largest absolute Gasteiger partial charge is 0.481 e. The molecule has 0 amide bonds. The van der Waals surface area contributed by atoms with Crippen LogP contribution in [0.4, 0.5) is 5.69 Å². The number of nitrogens with zero attached hydrogens (tertiary/aromatic N) is 1. The van der Waals surface area contributed by atoms with Gasteiger partial charge in [-0.2, -0.15) is 0 Å². The van der Waals surface area contributed by atoms with E-state index in [4.69, 9.17) is 27.2 Å². The van der Waals surface area contributed by atoms with E-state index in [0.29, 0.717) is 33.3 Å². The van der Waals surface area contributed by atoms with E-state index in [1.54, 1.807) is 24.3 Å². The van der Waals surface area contributed by atoms with E-state index in [2.05, 4.69) is 9.97 Å². The number of hydrogen-bond acceptors (Lipinski definition) is 4. The van der Waals surface area contributed by atoms with E-state index < -0.39 is 5.97 Å². The molecule has 6 nitrogen and oxygen atoms in total. The lowest BCUT2D eigenvalue weighted by atomic mass is 10.1. The average Bonchev–Trinajstić information content (AvgIpc) is 2.85. The molecule has 0 saturated carbocycles. The van der Waals surface area contributed by atoms with Crippen molar-refractivity contribution in [2.45, 2.75) is 13.3 Å². The number of fused-ring (bicyclic) bond motifs is 1. The third-order valence-corrected chi connectivity index (χ3v) is 3.64. The monoisotopic (exact) mass is 331 g/mol. The molecule has 0 spiro atoms. The molecule has 2 aromatic carbocycles. The number of nitrogens with one attached hydrogen (secondary N) is 1. The summed E-state index contributed by atoms with van der Waals surface area (Å²) in [4.78, 5) is 18.2. The highest BCUT2D eigenvalue weighted by molar-refractivity contribution is 6.32. The first-order valence-corrected chi connectivity index (χ1v) is 7.24. The molecule has 23 heavy (non-hydrogen) atoms. The quantitative estimate of drug-likeness (QED) is 0.635. The van der Waals surface area contributed by atoms with Gasteiger partial charge >= 0.3 is 5.97 Å². The van der Waals surface area contributed by atoms with Crippen molar-refractivity contribution in [3.05, 3.63) is 46.7 Å². The van der Waals surface area contributed by atoms with Crippen molar-refractivity contribution < 1.29 is 14.6 Å². The summed E-state index contributed by atoms with van der Waals surface area (Å²) in [5.74, 6) is 0.689. The van der Waals surface area contributed by atoms with Crippen LogP contribution in [0.25, 0.3) is 11.0 Å². The molecule has 0 atom stereocenters. The van der Waals surface area contributed by atoms with Crippen molar-refractivity contribution in [2.75, 3.05) is 5.73 Å². The van der Waals surface area contributed by atoms with Gasteiger partial charge < -0.3 is 20.6 Å². The molecule has 1 heterocycles. The second-order valence-electron chi connectivity index (χ2n) is 5.13. The van der Waals surface area contributed by atoms with Crippen molar-refractivity contribution in [3.8, 4) is 11.5 Å². The molecule has 0 fully saturated rings. The number of carboxylic acids is 1. The summed E-state index contributed by atoms with van der Waals surface area (Å²) in [5.41, 5.74) is 8.58. The number of aliphatic carboxylic acids is 1. The van der Waals surface area contributed by atoms with Gasteiger partial charge in [-0.15, -0.1) is 0 Å². The van der Waals surface area contributed by atoms with Crippen LogP contribution in [0.1, 0.15) is 11.4 Å². The molecule has 0 aliphatic heterocycles. The van der Waals surface area contributed by atoms with Gasteiger partial charge in [-0.05, 0) is 36.8 Å². The van der Waals surface area contributed by atoms with Gasteiger partial charge in [0, 0.05) is 0 Å². The Morgan fingerprint density at radius 1 is 1.35 bits per heavy atom. The number of carboxylic acid groups (broad SMARTS) is 1. The van der Waals surface area contributed by atoms with Gasteiger partial charge in [0.15, 0.2) is 5.75 Å². The van der Waals surface area contributed by atoms with Crippen LogP contribution in [-0.2, 0) is 11.2 Å². The molecule has 3 aromatic rings. The highest BCUT2D eigenvalue weighted by Gasteiger charge is 2.12. The lowest BCUT2D eigenvalue weighted by Gasteiger charge is -2.11. The van der Waals surface area contributed by atoms with E-state index in [-0.39, 0.29) is 6.42 Å². The molecule has 7 heteroatoms. The van der Waals surface area contributed by atoms with Crippen LogP contribution in [0.3, 0.4) is 0 Å².